The van der Waals surface area contributed by atoms with Crippen molar-refractivity contribution in [2.75, 3.05) is 13.2 Å². The van der Waals surface area contributed by atoms with Crippen LogP contribution in [0, 0.1) is 0 Å². The van der Waals surface area contributed by atoms with Crippen LogP contribution in [0.2, 0.25) is 0 Å². The molecule has 1 fully saturated rings. The third kappa shape index (κ3) is 2.87. The molecule has 1 aliphatic heterocycles. The highest BCUT2D eigenvalue weighted by atomic mass is 16.5. The maximum absolute atomic E-state index is 8.99. The summed E-state index contributed by atoms with van der Waals surface area (Å²) in [5.41, 5.74) is 1.85. The summed E-state index contributed by atoms with van der Waals surface area (Å²) in [6, 6.07) is 5.74. The first kappa shape index (κ1) is 13.2. The van der Waals surface area contributed by atoms with E-state index < -0.39 is 0 Å². The maximum Gasteiger partial charge on any atom is 0.162 e. The lowest BCUT2D eigenvalue weighted by molar-refractivity contribution is -0.0755. The molecular formula is C14H17N3O3. The minimum absolute atomic E-state index is 0.112. The molecule has 1 aliphatic rings. The minimum Gasteiger partial charge on any atom is -0.388 e. The Labute approximate surface area is 116 Å². The monoisotopic (exact) mass is 275 g/mol. The van der Waals surface area contributed by atoms with E-state index in [0.717, 1.165) is 24.2 Å². The zero-order valence-electron chi connectivity index (χ0n) is 11.1. The van der Waals surface area contributed by atoms with Crippen LogP contribution in [0.1, 0.15) is 17.0 Å². The van der Waals surface area contributed by atoms with Gasteiger partial charge in [-0.05, 0) is 11.6 Å². The van der Waals surface area contributed by atoms with Gasteiger partial charge in [0.05, 0.1) is 24.4 Å². The summed E-state index contributed by atoms with van der Waals surface area (Å²) in [5, 5.41) is 16.5. The molecule has 0 unspecified atom stereocenters. The minimum atomic E-state index is -0.125. The van der Waals surface area contributed by atoms with Gasteiger partial charge in [0.15, 0.2) is 5.76 Å². The van der Waals surface area contributed by atoms with Crippen molar-refractivity contribution in [1.29, 1.82) is 0 Å². The molecule has 106 valence electrons. The molecule has 0 amide bonds. The fraction of sp³-hybridized carbons (Fsp3) is 0.429. The Bertz CT molecular complexity index is 552. The van der Waals surface area contributed by atoms with Crippen molar-refractivity contribution in [2.24, 2.45) is 0 Å². The van der Waals surface area contributed by atoms with E-state index in [1.165, 1.54) is 0 Å². The van der Waals surface area contributed by atoms with Gasteiger partial charge in [0.25, 0.3) is 0 Å². The standard InChI is InChI=1S/C14H17N3O3/c18-8-13-4-12(17-20-13)5-14(9-19-10-14)16-7-11-2-1-3-15-6-11/h1-4,6,16,18H,5,7-10H2. The van der Waals surface area contributed by atoms with Crippen LogP contribution >= 0.6 is 0 Å². The highest BCUT2D eigenvalue weighted by Crippen LogP contribution is 2.23. The lowest BCUT2D eigenvalue weighted by Crippen LogP contribution is -2.61. The Hall–Kier alpha value is -1.76. The highest BCUT2D eigenvalue weighted by Gasteiger charge is 2.39. The number of aliphatic hydroxyl groups excluding tert-OH is 1. The first-order chi connectivity index (χ1) is 9.80. The average molecular weight is 275 g/mol. The van der Waals surface area contributed by atoms with Crippen molar-refractivity contribution < 1.29 is 14.4 Å². The van der Waals surface area contributed by atoms with Crippen molar-refractivity contribution >= 4 is 0 Å². The number of nitrogens with one attached hydrogen (secondary N) is 1. The molecule has 0 aromatic carbocycles. The van der Waals surface area contributed by atoms with Gasteiger partial charge in [-0.15, -0.1) is 0 Å². The Balaban J connectivity index is 1.62. The summed E-state index contributed by atoms with van der Waals surface area (Å²) in [6.45, 7) is 1.91. The Morgan fingerprint density at radius 2 is 2.30 bits per heavy atom. The second kappa shape index (κ2) is 5.70. The van der Waals surface area contributed by atoms with Gasteiger partial charge >= 0.3 is 0 Å². The molecule has 2 N–H and O–H groups in total. The fourth-order valence-corrected chi connectivity index (χ4v) is 2.27. The van der Waals surface area contributed by atoms with Crippen molar-refractivity contribution in [3.8, 4) is 0 Å². The van der Waals surface area contributed by atoms with Crippen LogP contribution < -0.4 is 5.32 Å². The van der Waals surface area contributed by atoms with E-state index in [0.29, 0.717) is 19.0 Å². The van der Waals surface area contributed by atoms with Crippen LogP contribution in [0.25, 0.3) is 0 Å². The molecule has 3 heterocycles. The quantitative estimate of drug-likeness (QED) is 0.806. The van der Waals surface area contributed by atoms with Crippen molar-refractivity contribution in [3.63, 3.8) is 0 Å². The van der Waals surface area contributed by atoms with Gasteiger partial charge in [0.1, 0.15) is 6.61 Å². The molecule has 0 atom stereocenters. The van der Waals surface area contributed by atoms with Crippen LogP contribution in [0.3, 0.4) is 0 Å². The van der Waals surface area contributed by atoms with Gasteiger partial charge in [-0.1, -0.05) is 11.2 Å². The largest absolute Gasteiger partial charge is 0.388 e. The lowest BCUT2D eigenvalue weighted by Gasteiger charge is -2.42. The molecule has 0 radical (unpaired) electrons. The van der Waals surface area contributed by atoms with Gasteiger partial charge < -0.3 is 19.7 Å². The second-order valence-corrected chi connectivity index (χ2v) is 5.11. The topological polar surface area (TPSA) is 80.4 Å². The number of pyridine rings is 1. The van der Waals surface area contributed by atoms with E-state index >= 15 is 0 Å². The molecular weight excluding hydrogens is 258 g/mol. The van der Waals surface area contributed by atoms with E-state index in [1.807, 2.05) is 18.3 Å². The molecule has 3 rings (SSSR count). The Morgan fingerprint density at radius 3 is 2.90 bits per heavy atom. The third-order valence-electron chi connectivity index (χ3n) is 3.43. The molecule has 2 aromatic rings. The molecule has 6 heteroatoms. The molecule has 2 aromatic heterocycles. The predicted molar refractivity (Wildman–Crippen MR) is 70.8 cm³/mol. The Morgan fingerprint density at radius 1 is 1.40 bits per heavy atom. The first-order valence-corrected chi connectivity index (χ1v) is 6.57. The average Bonchev–Trinajstić information content (AvgIpc) is 2.90. The molecule has 20 heavy (non-hydrogen) atoms. The lowest BCUT2D eigenvalue weighted by atomic mass is 9.91. The second-order valence-electron chi connectivity index (χ2n) is 5.11. The van der Waals surface area contributed by atoms with E-state index in [1.54, 1.807) is 12.3 Å². The van der Waals surface area contributed by atoms with Gasteiger partial charge in [-0.25, -0.2) is 0 Å². The number of rotatable bonds is 6. The number of ether oxygens (including phenoxy) is 1. The van der Waals surface area contributed by atoms with Crippen LogP contribution in [-0.2, 0) is 24.3 Å². The molecule has 0 aliphatic carbocycles. The van der Waals surface area contributed by atoms with Crippen LogP contribution in [0.15, 0.2) is 35.1 Å². The van der Waals surface area contributed by atoms with Gasteiger partial charge in [0.2, 0.25) is 0 Å². The summed E-state index contributed by atoms with van der Waals surface area (Å²) in [6.07, 6.45) is 4.33. The fourth-order valence-electron chi connectivity index (χ4n) is 2.27. The molecule has 0 spiro atoms. The zero-order chi connectivity index (χ0) is 13.8. The summed E-state index contributed by atoms with van der Waals surface area (Å²) in [5.74, 6) is 0.489. The van der Waals surface area contributed by atoms with Gasteiger partial charge in [-0.3, -0.25) is 4.98 Å². The Kier molecular flexibility index (Phi) is 3.77. The van der Waals surface area contributed by atoms with Crippen molar-refractivity contribution in [3.05, 3.63) is 47.6 Å². The zero-order valence-corrected chi connectivity index (χ0v) is 11.1. The third-order valence-corrected chi connectivity index (χ3v) is 3.43. The number of nitrogens with zero attached hydrogens (tertiary/aromatic N) is 2. The molecule has 6 nitrogen and oxygen atoms in total. The van der Waals surface area contributed by atoms with E-state index in [9.17, 15) is 0 Å². The number of hydrogen-bond acceptors (Lipinski definition) is 6. The number of aromatic nitrogens is 2. The number of aliphatic hydroxyl groups is 1. The van der Waals surface area contributed by atoms with E-state index in [4.69, 9.17) is 14.4 Å². The van der Waals surface area contributed by atoms with Crippen LogP contribution in [0.4, 0.5) is 0 Å². The molecule has 0 bridgehead atoms. The normalized spacial score (nSPS) is 16.9. The van der Waals surface area contributed by atoms with E-state index in [2.05, 4.69) is 15.5 Å². The SMILES string of the molecule is OCc1cc(CC2(NCc3cccnc3)COC2)no1. The first-order valence-electron chi connectivity index (χ1n) is 6.57. The molecule has 0 saturated carbocycles. The summed E-state index contributed by atoms with van der Waals surface area (Å²) in [4.78, 5) is 4.10. The summed E-state index contributed by atoms with van der Waals surface area (Å²) in [7, 11) is 0. The number of hydrogen-bond donors (Lipinski definition) is 2. The van der Waals surface area contributed by atoms with Crippen LogP contribution in [0.5, 0.6) is 0 Å². The highest BCUT2D eigenvalue weighted by molar-refractivity contribution is 5.14. The van der Waals surface area contributed by atoms with Crippen molar-refractivity contribution in [1.82, 2.24) is 15.5 Å². The van der Waals surface area contributed by atoms with Crippen molar-refractivity contribution in [2.45, 2.75) is 25.1 Å². The van der Waals surface area contributed by atoms with Gasteiger partial charge in [0, 0.05) is 31.4 Å². The smallest absolute Gasteiger partial charge is 0.162 e. The van der Waals surface area contributed by atoms with Gasteiger partial charge in [-0.2, -0.15) is 0 Å². The molecule has 1 saturated heterocycles. The van der Waals surface area contributed by atoms with Crippen LogP contribution in [-0.4, -0.2) is 34.0 Å². The summed E-state index contributed by atoms with van der Waals surface area (Å²) < 4.78 is 10.4. The summed E-state index contributed by atoms with van der Waals surface area (Å²) >= 11 is 0. The predicted octanol–water partition coefficient (Wildman–Crippen LogP) is 0.663. The van der Waals surface area contributed by atoms with E-state index in [-0.39, 0.29) is 12.1 Å². The maximum atomic E-state index is 8.99.